The summed E-state index contributed by atoms with van der Waals surface area (Å²) in [4.78, 5) is 24.1. The SMILES string of the molecule is CCCCCOC(=O)CC(CCC(C)C)C(=O)OCCCCC. The van der Waals surface area contributed by atoms with E-state index >= 15 is 0 Å². The van der Waals surface area contributed by atoms with Crippen LogP contribution in [-0.2, 0) is 19.1 Å². The molecule has 0 rings (SSSR count). The quantitative estimate of drug-likeness (QED) is 0.336. The van der Waals surface area contributed by atoms with Gasteiger partial charge in [0, 0.05) is 0 Å². The van der Waals surface area contributed by atoms with Crippen LogP contribution in [0.4, 0.5) is 0 Å². The maximum absolute atomic E-state index is 12.2. The monoisotopic (exact) mass is 328 g/mol. The van der Waals surface area contributed by atoms with E-state index in [1.807, 2.05) is 0 Å². The Hall–Kier alpha value is -1.06. The van der Waals surface area contributed by atoms with Crippen molar-refractivity contribution in [2.24, 2.45) is 11.8 Å². The third-order valence-electron chi connectivity index (χ3n) is 3.84. The number of carbonyl (C=O) groups is 2. The van der Waals surface area contributed by atoms with Gasteiger partial charge in [-0.2, -0.15) is 0 Å². The van der Waals surface area contributed by atoms with Crippen LogP contribution in [0.2, 0.25) is 0 Å². The molecule has 0 aromatic carbocycles. The maximum atomic E-state index is 12.2. The summed E-state index contributed by atoms with van der Waals surface area (Å²) in [5, 5.41) is 0. The molecule has 0 bridgehead atoms. The van der Waals surface area contributed by atoms with Crippen molar-refractivity contribution in [3.8, 4) is 0 Å². The van der Waals surface area contributed by atoms with Crippen LogP contribution in [0.25, 0.3) is 0 Å². The van der Waals surface area contributed by atoms with Crippen molar-refractivity contribution in [1.82, 2.24) is 0 Å². The van der Waals surface area contributed by atoms with E-state index in [9.17, 15) is 9.59 Å². The van der Waals surface area contributed by atoms with Gasteiger partial charge in [-0.3, -0.25) is 9.59 Å². The smallest absolute Gasteiger partial charge is 0.309 e. The van der Waals surface area contributed by atoms with E-state index in [1.165, 1.54) is 0 Å². The predicted molar refractivity (Wildman–Crippen MR) is 93.1 cm³/mol. The number of hydrogen-bond donors (Lipinski definition) is 0. The van der Waals surface area contributed by atoms with Gasteiger partial charge in [0.05, 0.1) is 25.6 Å². The molecular formula is C19H36O4. The Morgan fingerprint density at radius 2 is 1.39 bits per heavy atom. The van der Waals surface area contributed by atoms with Gasteiger partial charge in [-0.15, -0.1) is 0 Å². The van der Waals surface area contributed by atoms with Gasteiger partial charge in [-0.05, 0) is 25.2 Å². The van der Waals surface area contributed by atoms with Crippen LogP contribution in [0.15, 0.2) is 0 Å². The van der Waals surface area contributed by atoms with Crippen LogP contribution in [0.5, 0.6) is 0 Å². The first kappa shape index (κ1) is 21.9. The van der Waals surface area contributed by atoms with E-state index in [4.69, 9.17) is 9.47 Å². The van der Waals surface area contributed by atoms with E-state index in [0.29, 0.717) is 25.6 Å². The number of carbonyl (C=O) groups excluding carboxylic acids is 2. The van der Waals surface area contributed by atoms with E-state index in [2.05, 4.69) is 27.7 Å². The maximum Gasteiger partial charge on any atom is 0.309 e. The summed E-state index contributed by atoms with van der Waals surface area (Å²) in [6, 6.07) is 0. The Morgan fingerprint density at radius 1 is 0.826 bits per heavy atom. The zero-order chi connectivity index (χ0) is 17.5. The lowest BCUT2D eigenvalue weighted by atomic mass is 9.95. The number of esters is 2. The fourth-order valence-electron chi connectivity index (χ4n) is 2.28. The Balaban J connectivity index is 4.25. The van der Waals surface area contributed by atoms with Crippen LogP contribution in [0.1, 0.15) is 85.5 Å². The molecule has 0 radical (unpaired) electrons. The van der Waals surface area contributed by atoms with E-state index < -0.39 is 0 Å². The van der Waals surface area contributed by atoms with E-state index in [0.717, 1.165) is 44.9 Å². The highest BCUT2D eigenvalue weighted by atomic mass is 16.5. The van der Waals surface area contributed by atoms with Crippen LogP contribution in [-0.4, -0.2) is 25.2 Å². The summed E-state index contributed by atoms with van der Waals surface area (Å²) in [7, 11) is 0. The van der Waals surface area contributed by atoms with Gasteiger partial charge in [0.15, 0.2) is 0 Å². The highest BCUT2D eigenvalue weighted by molar-refractivity contribution is 5.79. The number of ether oxygens (including phenoxy) is 2. The zero-order valence-electron chi connectivity index (χ0n) is 15.6. The highest BCUT2D eigenvalue weighted by Crippen LogP contribution is 2.18. The largest absolute Gasteiger partial charge is 0.466 e. The Labute approximate surface area is 142 Å². The topological polar surface area (TPSA) is 52.6 Å². The van der Waals surface area contributed by atoms with Crippen LogP contribution < -0.4 is 0 Å². The van der Waals surface area contributed by atoms with Gasteiger partial charge >= 0.3 is 11.9 Å². The molecular weight excluding hydrogens is 292 g/mol. The second-order valence-electron chi connectivity index (χ2n) is 6.67. The van der Waals surface area contributed by atoms with Crippen molar-refractivity contribution in [3.63, 3.8) is 0 Å². The summed E-state index contributed by atoms with van der Waals surface area (Å²) in [6.45, 7) is 9.37. The Kier molecular flexibility index (Phi) is 13.9. The fourth-order valence-corrected chi connectivity index (χ4v) is 2.28. The van der Waals surface area contributed by atoms with Crippen LogP contribution in [0.3, 0.4) is 0 Å². The molecule has 0 aromatic rings. The summed E-state index contributed by atoms with van der Waals surface area (Å²) in [5.74, 6) is -0.378. The second kappa shape index (κ2) is 14.5. The summed E-state index contributed by atoms with van der Waals surface area (Å²) in [5.41, 5.74) is 0. The molecule has 0 fully saturated rings. The zero-order valence-corrected chi connectivity index (χ0v) is 15.6. The van der Waals surface area contributed by atoms with Crippen molar-refractivity contribution in [2.75, 3.05) is 13.2 Å². The molecule has 0 amide bonds. The molecule has 1 atom stereocenters. The summed E-state index contributed by atoms with van der Waals surface area (Å²) >= 11 is 0. The molecule has 1 unspecified atom stereocenters. The lowest BCUT2D eigenvalue weighted by molar-refractivity contribution is -0.155. The molecule has 0 heterocycles. The third-order valence-corrected chi connectivity index (χ3v) is 3.84. The normalized spacial score (nSPS) is 12.2. The minimum atomic E-state index is -0.363. The number of unbranched alkanes of at least 4 members (excludes halogenated alkanes) is 4. The molecule has 23 heavy (non-hydrogen) atoms. The molecule has 0 spiro atoms. The lowest BCUT2D eigenvalue weighted by Crippen LogP contribution is -2.23. The van der Waals surface area contributed by atoms with Gasteiger partial charge in [0.1, 0.15) is 0 Å². The Morgan fingerprint density at radius 3 is 1.91 bits per heavy atom. The van der Waals surface area contributed by atoms with E-state index in [-0.39, 0.29) is 24.3 Å². The highest BCUT2D eigenvalue weighted by Gasteiger charge is 2.24. The first-order valence-electron chi connectivity index (χ1n) is 9.33. The fraction of sp³-hybridized carbons (Fsp3) is 0.895. The Bertz CT molecular complexity index is 312. The standard InChI is InChI=1S/C19H36O4/c1-5-7-9-13-22-18(20)15-17(12-11-16(3)4)19(21)23-14-10-8-6-2/h16-17H,5-15H2,1-4H3. The van der Waals surface area contributed by atoms with E-state index in [1.54, 1.807) is 0 Å². The van der Waals surface area contributed by atoms with Crippen molar-refractivity contribution in [2.45, 2.75) is 85.5 Å². The lowest BCUT2D eigenvalue weighted by Gasteiger charge is -2.16. The molecule has 4 nitrogen and oxygen atoms in total. The molecule has 0 saturated carbocycles. The summed E-state index contributed by atoms with van der Waals surface area (Å²) < 4.78 is 10.6. The molecule has 0 aromatic heterocycles. The molecule has 0 N–H and O–H groups in total. The predicted octanol–water partition coefficient (Wildman–Crippen LogP) is 4.90. The molecule has 0 aliphatic rings. The average Bonchev–Trinajstić information content (AvgIpc) is 2.51. The van der Waals surface area contributed by atoms with Gasteiger partial charge < -0.3 is 9.47 Å². The number of hydrogen-bond acceptors (Lipinski definition) is 4. The van der Waals surface area contributed by atoms with Crippen molar-refractivity contribution in [1.29, 1.82) is 0 Å². The van der Waals surface area contributed by atoms with Gasteiger partial charge in [0.25, 0.3) is 0 Å². The molecule has 0 aliphatic carbocycles. The van der Waals surface area contributed by atoms with Crippen LogP contribution in [0, 0.1) is 11.8 Å². The molecule has 4 heteroatoms. The second-order valence-corrected chi connectivity index (χ2v) is 6.67. The average molecular weight is 328 g/mol. The first-order chi connectivity index (χ1) is 11.0. The molecule has 0 saturated heterocycles. The van der Waals surface area contributed by atoms with Crippen molar-refractivity contribution in [3.05, 3.63) is 0 Å². The minimum Gasteiger partial charge on any atom is -0.466 e. The number of rotatable bonds is 14. The van der Waals surface area contributed by atoms with Crippen molar-refractivity contribution >= 4 is 11.9 Å². The first-order valence-corrected chi connectivity index (χ1v) is 9.33. The summed E-state index contributed by atoms with van der Waals surface area (Å²) in [6.07, 6.45) is 7.84. The van der Waals surface area contributed by atoms with Gasteiger partial charge in [0.2, 0.25) is 0 Å². The van der Waals surface area contributed by atoms with Gasteiger partial charge in [-0.25, -0.2) is 0 Å². The van der Waals surface area contributed by atoms with Crippen molar-refractivity contribution < 1.29 is 19.1 Å². The van der Waals surface area contributed by atoms with Gasteiger partial charge in [-0.1, -0.05) is 59.8 Å². The minimum absolute atomic E-state index is 0.144. The third kappa shape index (κ3) is 13.1. The molecule has 136 valence electrons. The molecule has 0 aliphatic heterocycles. The van der Waals surface area contributed by atoms with Crippen LogP contribution >= 0.6 is 0 Å².